The molecule has 0 aliphatic heterocycles. The maximum atomic E-state index is 6.16. The van der Waals surface area contributed by atoms with Crippen LogP contribution >= 0.6 is 0 Å². The average molecular weight is 258 g/mol. The van der Waals surface area contributed by atoms with Crippen LogP contribution in [0, 0.1) is 5.92 Å². The topological polar surface area (TPSA) is 47.7 Å². The Bertz CT molecular complexity index is 214. The van der Waals surface area contributed by atoms with Gasteiger partial charge >= 0.3 is 0 Å². The number of nitrogens with two attached hydrogens (primary N) is 1. The third-order valence-electron chi connectivity index (χ3n) is 4.13. The predicted molar refractivity (Wildman–Crippen MR) is 74.7 cm³/mol. The fourth-order valence-corrected chi connectivity index (χ4v) is 3.03. The van der Waals surface area contributed by atoms with Crippen molar-refractivity contribution in [3.05, 3.63) is 0 Å². The van der Waals surface area contributed by atoms with Crippen LogP contribution in [0.4, 0.5) is 0 Å². The maximum absolute atomic E-state index is 6.16. The first-order chi connectivity index (χ1) is 8.75. The Morgan fingerprint density at radius 3 is 2.06 bits per heavy atom. The summed E-state index contributed by atoms with van der Waals surface area (Å²) in [6.45, 7) is 6.43. The third-order valence-corrected chi connectivity index (χ3v) is 4.13. The van der Waals surface area contributed by atoms with E-state index in [0.29, 0.717) is 0 Å². The Labute approximate surface area is 112 Å². The van der Waals surface area contributed by atoms with Crippen LogP contribution < -0.4 is 5.73 Å². The van der Waals surface area contributed by atoms with Crippen molar-refractivity contribution in [3.63, 3.8) is 0 Å². The minimum absolute atomic E-state index is 0.172. The highest BCUT2D eigenvalue weighted by Gasteiger charge is 2.47. The minimum Gasteiger partial charge on any atom is -0.383 e. The number of methoxy groups -OCH3 is 2. The van der Waals surface area contributed by atoms with Gasteiger partial charge in [0.25, 0.3) is 0 Å². The lowest BCUT2D eigenvalue weighted by Crippen LogP contribution is -2.57. The summed E-state index contributed by atoms with van der Waals surface area (Å²) < 4.78 is 10.5. The van der Waals surface area contributed by atoms with Gasteiger partial charge in [-0.2, -0.15) is 0 Å². The van der Waals surface area contributed by atoms with Gasteiger partial charge < -0.3 is 15.2 Å². The quantitative estimate of drug-likeness (QED) is 0.610. The lowest BCUT2D eigenvalue weighted by Gasteiger charge is -2.44. The molecule has 1 atom stereocenters. The molecular weight excluding hydrogens is 228 g/mol. The summed E-state index contributed by atoms with van der Waals surface area (Å²) in [4.78, 5) is 2.52. The second-order valence-corrected chi connectivity index (χ2v) is 5.30. The molecule has 0 bridgehead atoms. The van der Waals surface area contributed by atoms with E-state index in [1.165, 1.54) is 25.7 Å². The molecule has 2 N–H and O–H groups in total. The maximum Gasteiger partial charge on any atom is 0.0589 e. The molecule has 0 spiro atoms. The van der Waals surface area contributed by atoms with Crippen molar-refractivity contribution in [2.45, 2.75) is 38.1 Å². The molecule has 0 aromatic heterocycles. The van der Waals surface area contributed by atoms with Crippen molar-refractivity contribution in [1.82, 2.24) is 4.90 Å². The first kappa shape index (κ1) is 15.9. The van der Waals surface area contributed by atoms with Crippen LogP contribution in [-0.4, -0.2) is 57.5 Å². The molecule has 0 aromatic rings. The van der Waals surface area contributed by atoms with Crippen LogP contribution in [0.3, 0.4) is 0 Å². The molecular formula is C14H30N2O2. The molecule has 108 valence electrons. The molecule has 0 aromatic carbocycles. The first-order valence-corrected chi connectivity index (χ1v) is 7.18. The Kier molecular flexibility index (Phi) is 7.15. The second-order valence-electron chi connectivity index (χ2n) is 5.30. The van der Waals surface area contributed by atoms with Crippen molar-refractivity contribution < 1.29 is 9.47 Å². The number of rotatable bonds is 11. The van der Waals surface area contributed by atoms with Gasteiger partial charge in [0.2, 0.25) is 0 Å². The molecule has 0 amide bonds. The zero-order valence-electron chi connectivity index (χ0n) is 12.3. The van der Waals surface area contributed by atoms with E-state index in [0.717, 1.165) is 38.8 Å². The molecule has 1 fully saturated rings. The number of hydrogen-bond donors (Lipinski definition) is 1. The van der Waals surface area contributed by atoms with E-state index in [-0.39, 0.29) is 5.54 Å². The molecule has 4 heteroatoms. The highest BCUT2D eigenvalue weighted by molar-refractivity contribution is 5.03. The Balaban J connectivity index is 2.73. The molecule has 18 heavy (non-hydrogen) atoms. The van der Waals surface area contributed by atoms with Gasteiger partial charge in [-0.3, -0.25) is 4.90 Å². The highest BCUT2D eigenvalue weighted by atomic mass is 16.5. The van der Waals surface area contributed by atoms with Crippen molar-refractivity contribution in [1.29, 1.82) is 0 Å². The lowest BCUT2D eigenvalue weighted by molar-refractivity contribution is 0.0182. The van der Waals surface area contributed by atoms with Gasteiger partial charge in [0.15, 0.2) is 0 Å². The van der Waals surface area contributed by atoms with Gasteiger partial charge in [0.05, 0.1) is 13.2 Å². The largest absolute Gasteiger partial charge is 0.383 e. The molecule has 1 rings (SSSR count). The van der Waals surface area contributed by atoms with Gasteiger partial charge in [0.1, 0.15) is 0 Å². The fourth-order valence-electron chi connectivity index (χ4n) is 3.03. The highest BCUT2D eigenvalue weighted by Crippen LogP contribution is 2.45. The molecule has 0 saturated heterocycles. The lowest BCUT2D eigenvalue weighted by atomic mass is 9.86. The van der Waals surface area contributed by atoms with Gasteiger partial charge in [-0.05, 0) is 25.2 Å². The Hall–Kier alpha value is -0.160. The van der Waals surface area contributed by atoms with Crippen LogP contribution in [0.5, 0.6) is 0 Å². The van der Waals surface area contributed by atoms with E-state index >= 15 is 0 Å². The van der Waals surface area contributed by atoms with Crippen LogP contribution in [0.2, 0.25) is 0 Å². The molecule has 1 unspecified atom stereocenters. The van der Waals surface area contributed by atoms with E-state index < -0.39 is 0 Å². The number of hydrogen-bond acceptors (Lipinski definition) is 4. The summed E-state index contributed by atoms with van der Waals surface area (Å²) in [5.74, 6) is 0.774. The van der Waals surface area contributed by atoms with Crippen LogP contribution in [0.1, 0.15) is 32.6 Å². The molecule has 1 saturated carbocycles. The summed E-state index contributed by atoms with van der Waals surface area (Å²) in [5.41, 5.74) is 6.33. The van der Waals surface area contributed by atoms with E-state index in [2.05, 4.69) is 11.8 Å². The van der Waals surface area contributed by atoms with Crippen LogP contribution in [-0.2, 0) is 9.47 Å². The number of nitrogens with zero attached hydrogens (tertiary/aromatic N) is 1. The van der Waals surface area contributed by atoms with E-state index in [9.17, 15) is 0 Å². The predicted octanol–water partition coefficient (Wildman–Crippen LogP) is 1.49. The normalized spacial score (nSPS) is 19.2. The zero-order valence-corrected chi connectivity index (χ0v) is 12.3. The van der Waals surface area contributed by atoms with Crippen LogP contribution in [0.25, 0.3) is 0 Å². The average Bonchev–Trinajstić information content (AvgIpc) is 3.21. The molecule has 1 aliphatic rings. The Morgan fingerprint density at radius 1 is 1.17 bits per heavy atom. The van der Waals surface area contributed by atoms with E-state index in [4.69, 9.17) is 15.2 Å². The zero-order chi connectivity index (χ0) is 13.4. The van der Waals surface area contributed by atoms with Gasteiger partial charge in [-0.25, -0.2) is 0 Å². The molecule has 4 nitrogen and oxygen atoms in total. The standard InChI is InChI=1S/C14H30N2O2/c1-4-7-14(12-15,13-5-6-13)16(8-10-17-2)9-11-18-3/h13H,4-12,15H2,1-3H3. The monoisotopic (exact) mass is 258 g/mol. The summed E-state index contributed by atoms with van der Waals surface area (Å²) >= 11 is 0. The van der Waals surface area contributed by atoms with Gasteiger partial charge in [-0.1, -0.05) is 13.3 Å². The molecule has 0 heterocycles. The second kappa shape index (κ2) is 8.10. The minimum atomic E-state index is 0.172. The van der Waals surface area contributed by atoms with Crippen molar-refractivity contribution in [2.24, 2.45) is 11.7 Å². The Morgan fingerprint density at radius 2 is 1.72 bits per heavy atom. The molecule has 0 radical (unpaired) electrons. The first-order valence-electron chi connectivity index (χ1n) is 7.18. The summed E-state index contributed by atoms with van der Waals surface area (Å²) in [5, 5.41) is 0. The summed E-state index contributed by atoms with van der Waals surface area (Å²) in [6, 6.07) is 0. The van der Waals surface area contributed by atoms with Crippen LogP contribution in [0.15, 0.2) is 0 Å². The van der Waals surface area contributed by atoms with Crippen molar-refractivity contribution in [2.75, 3.05) is 47.1 Å². The third kappa shape index (κ3) is 3.92. The van der Waals surface area contributed by atoms with Gasteiger partial charge in [0, 0.05) is 39.4 Å². The van der Waals surface area contributed by atoms with E-state index in [1.807, 2.05) is 0 Å². The summed E-state index contributed by atoms with van der Waals surface area (Å²) in [6.07, 6.45) is 5.02. The van der Waals surface area contributed by atoms with Crippen molar-refractivity contribution in [3.8, 4) is 0 Å². The van der Waals surface area contributed by atoms with Crippen molar-refractivity contribution >= 4 is 0 Å². The summed E-state index contributed by atoms with van der Waals surface area (Å²) in [7, 11) is 3.52. The number of ether oxygens (including phenoxy) is 2. The van der Waals surface area contributed by atoms with E-state index in [1.54, 1.807) is 14.2 Å². The SMILES string of the molecule is CCCC(CN)(C1CC1)N(CCOC)CCOC. The molecule has 1 aliphatic carbocycles. The fraction of sp³-hybridized carbons (Fsp3) is 1.00. The smallest absolute Gasteiger partial charge is 0.0589 e. The van der Waals surface area contributed by atoms with Gasteiger partial charge in [-0.15, -0.1) is 0 Å².